The van der Waals surface area contributed by atoms with Gasteiger partial charge in [0.2, 0.25) is 6.10 Å². The highest BCUT2D eigenvalue weighted by Gasteiger charge is 2.30. The summed E-state index contributed by atoms with van der Waals surface area (Å²) in [4.78, 5) is 51.8. The first kappa shape index (κ1) is 21.7. The summed E-state index contributed by atoms with van der Waals surface area (Å²) in [7, 11) is 1.36. The van der Waals surface area contributed by atoms with E-state index in [1.807, 2.05) is 0 Å². The second-order valence-electron chi connectivity index (χ2n) is 6.11. The van der Waals surface area contributed by atoms with E-state index in [4.69, 9.17) is 9.47 Å². The number of carbonyl (C=O) groups excluding carboxylic acids is 4. The van der Waals surface area contributed by atoms with Crippen LogP contribution in [-0.2, 0) is 14.3 Å². The molecule has 0 aliphatic carbocycles. The van der Waals surface area contributed by atoms with Crippen LogP contribution in [0.4, 0.5) is 4.79 Å². The van der Waals surface area contributed by atoms with E-state index in [-0.39, 0.29) is 17.9 Å². The van der Waals surface area contributed by atoms with Crippen molar-refractivity contribution in [2.24, 2.45) is 0 Å². The number of imide groups is 1. The maximum Gasteiger partial charge on any atom is 0.355 e. The minimum absolute atomic E-state index is 0.127. The maximum atomic E-state index is 12.8. The molecule has 0 fully saturated rings. The number of nitrogens with one attached hydrogen (secondary N) is 3. The number of carbonyl (C=O) groups is 4. The molecule has 1 atom stereocenters. The van der Waals surface area contributed by atoms with Gasteiger partial charge in [-0.25, -0.2) is 14.4 Å². The van der Waals surface area contributed by atoms with Crippen molar-refractivity contribution in [2.45, 2.75) is 26.9 Å². The molecular weight excluding hydrogens is 378 g/mol. The number of rotatable bonds is 6. The van der Waals surface area contributed by atoms with E-state index in [1.165, 1.54) is 7.05 Å². The third-order valence-corrected chi connectivity index (χ3v) is 4.15. The highest BCUT2D eigenvalue weighted by molar-refractivity contribution is 6.01. The van der Waals surface area contributed by atoms with Gasteiger partial charge in [-0.15, -0.1) is 0 Å². The molecule has 0 spiro atoms. The van der Waals surface area contributed by atoms with Gasteiger partial charge in [0.1, 0.15) is 5.69 Å². The van der Waals surface area contributed by atoms with E-state index in [1.54, 1.807) is 51.1 Å². The minimum atomic E-state index is -1.36. The van der Waals surface area contributed by atoms with Gasteiger partial charge in [0.05, 0.1) is 12.2 Å². The molecule has 0 saturated heterocycles. The smallest absolute Gasteiger partial charge is 0.355 e. The molecule has 0 radical (unpaired) electrons. The first-order valence-electron chi connectivity index (χ1n) is 8.94. The van der Waals surface area contributed by atoms with Crippen molar-refractivity contribution in [2.75, 3.05) is 13.7 Å². The van der Waals surface area contributed by atoms with Gasteiger partial charge < -0.3 is 19.8 Å². The largest absolute Gasteiger partial charge is 0.461 e. The third kappa shape index (κ3) is 5.01. The fourth-order valence-corrected chi connectivity index (χ4v) is 2.77. The van der Waals surface area contributed by atoms with Gasteiger partial charge in [0, 0.05) is 18.3 Å². The van der Waals surface area contributed by atoms with Gasteiger partial charge in [0.15, 0.2) is 0 Å². The Morgan fingerprint density at radius 3 is 2.31 bits per heavy atom. The normalized spacial score (nSPS) is 11.3. The lowest BCUT2D eigenvalue weighted by molar-refractivity contribution is -0.129. The average molecular weight is 401 g/mol. The SMILES string of the molecule is CCOC(=O)c1[nH]c(C)c(C(=O)OC(C(=O)NC(=O)NC)c2ccccc2)c1C. The van der Waals surface area contributed by atoms with Crippen LogP contribution in [0, 0.1) is 13.8 Å². The van der Waals surface area contributed by atoms with Crippen LogP contribution in [-0.4, -0.2) is 42.5 Å². The number of hydrogen-bond acceptors (Lipinski definition) is 6. The summed E-state index contributed by atoms with van der Waals surface area (Å²) < 4.78 is 10.4. The first-order valence-corrected chi connectivity index (χ1v) is 8.94. The molecule has 9 nitrogen and oxygen atoms in total. The molecule has 1 heterocycles. The highest BCUT2D eigenvalue weighted by atomic mass is 16.5. The third-order valence-electron chi connectivity index (χ3n) is 4.15. The van der Waals surface area contributed by atoms with E-state index in [9.17, 15) is 19.2 Å². The Hall–Kier alpha value is -3.62. The van der Waals surface area contributed by atoms with Crippen molar-refractivity contribution in [3.8, 4) is 0 Å². The molecule has 2 rings (SSSR count). The van der Waals surface area contributed by atoms with E-state index >= 15 is 0 Å². The minimum Gasteiger partial charge on any atom is -0.461 e. The number of urea groups is 1. The van der Waals surface area contributed by atoms with E-state index < -0.39 is 30.0 Å². The number of ether oxygens (including phenoxy) is 2. The zero-order valence-corrected chi connectivity index (χ0v) is 16.6. The van der Waals surface area contributed by atoms with Crippen LogP contribution >= 0.6 is 0 Å². The summed E-state index contributed by atoms with van der Waals surface area (Å²) in [6, 6.07) is 7.56. The topological polar surface area (TPSA) is 127 Å². The van der Waals surface area contributed by atoms with Crippen LogP contribution in [0.2, 0.25) is 0 Å². The van der Waals surface area contributed by atoms with Gasteiger partial charge in [0.25, 0.3) is 5.91 Å². The second-order valence-corrected chi connectivity index (χ2v) is 6.11. The Kier molecular flexibility index (Phi) is 7.13. The summed E-state index contributed by atoms with van der Waals surface area (Å²) in [5.41, 5.74) is 1.40. The van der Waals surface area contributed by atoms with Crippen molar-refractivity contribution < 1.29 is 28.7 Å². The zero-order chi connectivity index (χ0) is 21.6. The molecule has 1 aromatic carbocycles. The molecule has 2 aromatic rings. The van der Waals surface area contributed by atoms with Crippen molar-refractivity contribution in [3.63, 3.8) is 0 Å². The van der Waals surface area contributed by atoms with Gasteiger partial charge in [-0.05, 0) is 26.3 Å². The Morgan fingerprint density at radius 2 is 1.72 bits per heavy atom. The average Bonchev–Trinajstić information content (AvgIpc) is 3.00. The molecule has 0 saturated carbocycles. The highest BCUT2D eigenvalue weighted by Crippen LogP contribution is 2.24. The Labute approximate surface area is 167 Å². The van der Waals surface area contributed by atoms with Gasteiger partial charge in [-0.1, -0.05) is 30.3 Å². The van der Waals surface area contributed by atoms with Crippen LogP contribution < -0.4 is 10.6 Å². The monoisotopic (exact) mass is 401 g/mol. The van der Waals surface area contributed by atoms with Crippen molar-refractivity contribution in [1.82, 2.24) is 15.6 Å². The standard InChI is InChI=1S/C20H23N3O6/c1-5-28-19(26)15-11(2)14(12(3)22-15)18(25)29-16(13-9-7-6-8-10-13)17(24)23-20(27)21-4/h6-10,16,22H,5H2,1-4H3,(H2,21,23,24,27). The van der Waals surface area contributed by atoms with Gasteiger partial charge in [-0.2, -0.15) is 0 Å². The Bertz CT molecular complexity index is 920. The summed E-state index contributed by atoms with van der Waals surface area (Å²) >= 11 is 0. The molecule has 0 bridgehead atoms. The van der Waals surface area contributed by atoms with Crippen LogP contribution in [0.25, 0.3) is 0 Å². The number of hydrogen-bond donors (Lipinski definition) is 3. The fraction of sp³-hybridized carbons (Fsp3) is 0.300. The van der Waals surface area contributed by atoms with Crippen LogP contribution in [0.5, 0.6) is 0 Å². The number of H-pyrrole nitrogens is 1. The first-order chi connectivity index (χ1) is 13.8. The zero-order valence-electron chi connectivity index (χ0n) is 16.6. The predicted molar refractivity (Wildman–Crippen MR) is 103 cm³/mol. The maximum absolute atomic E-state index is 12.8. The molecule has 0 aliphatic rings. The number of benzene rings is 1. The lowest BCUT2D eigenvalue weighted by Crippen LogP contribution is -2.41. The second kappa shape index (κ2) is 9.54. The van der Waals surface area contributed by atoms with Crippen molar-refractivity contribution in [3.05, 3.63) is 58.4 Å². The number of aryl methyl sites for hydroxylation is 1. The number of aromatic amines is 1. The van der Waals surface area contributed by atoms with Crippen LogP contribution in [0.15, 0.2) is 30.3 Å². The quantitative estimate of drug-likeness (QED) is 0.637. The van der Waals surface area contributed by atoms with Crippen molar-refractivity contribution >= 4 is 23.9 Å². The van der Waals surface area contributed by atoms with Crippen LogP contribution in [0.1, 0.15) is 50.7 Å². The fourth-order valence-electron chi connectivity index (χ4n) is 2.77. The van der Waals surface area contributed by atoms with E-state index in [0.717, 1.165) is 0 Å². The molecule has 3 N–H and O–H groups in total. The summed E-state index contributed by atoms with van der Waals surface area (Å²) in [5.74, 6) is -2.21. The number of esters is 2. The number of aromatic nitrogens is 1. The summed E-state index contributed by atoms with van der Waals surface area (Å²) in [6.07, 6.45) is -1.36. The lowest BCUT2D eigenvalue weighted by Gasteiger charge is -2.17. The molecule has 29 heavy (non-hydrogen) atoms. The molecule has 3 amide bonds. The summed E-state index contributed by atoms with van der Waals surface area (Å²) in [5, 5.41) is 4.37. The van der Waals surface area contributed by atoms with Crippen LogP contribution in [0.3, 0.4) is 0 Å². The molecule has 1 aromatic heterocycles. The molecule has 0 aliphatic heterocycles. The van der Waals surface area contributed by atoms with Crippen molar-refractivity contribution in [1.29, 1.82) is 0 Å². The summed E-state index contributed by atoms with van der Waals surface area (Å²) in [6.45, 7) is 5.04. The molecular formula is C20H23N3O6. The van der Waals surface area contributed by atoms with E-state index in [0.29, 0.717) is 16.8 Å². The lowest BCUT2D eigenvalue weighted by atomic mass is 10.1. The van der Waals surface area contributed by atoms with E-state index in [2.05, 4.69) is 15.6 Å². The number of amides is 3. The van der Waals surface area contributed by atoms with Gasteiger partial charge in [-0.3, -0.25) is 10.1 Å². The molecule has 9 heteroatoms. The Morgan fingerprint density at radius 1 is 1.07 bits per heavy atom. The molecule has 154 valence electrons. The van der Waals surface area contributed by atoms with Gasteiger partial charge >= 0.3 is 18.0 Å². The Balaban J connectivity index is 2.34. The molecule has 1 unspecified atom stereocenters. The predicted octanol–water partition coefficient (Wildman–Crippen LogP) is 2.16.